The van der Waals surface area contributed by atoms with Gasteiger partial charge >= 0.3 is 0 Å². The molecule has 2 aromatic rings. The molecule has 0 aliphatic carbocycles. The standard InChI is InChI=1S/C15H19FN2/c1-12(2)17-9-13-7-8-18(10-13)11-14-5-3-4-6-15(14)16/h3-8,10,12,17H,9,11H2,1-2H3. The smallest absolute Gasteiger partial charge is 0.128 e. The van der Waals surface area contributed by atoms with Gasteiger partial charge in [-0.2, -0.15) is 0 Å². The van der Waals surface area contributed by atoms with Crippen molar-refractivity contribution in [3.05, 3.63) is 59.7 Å². The van der Waals surface area contributed by atoms with Crippen molar-refractivity contribution in [2.24, 2.45) is 0 Å². The summed E-state index contributed by atoms with van der Waals surface area (Å²) >= 11 is 0. The van der Waals surface area contributed by atoms with E-state index in [1.54, 1.807) is 6.07 Å². The molecule has 0 amide bonds. The molecule has 0 radical (unpaired) electrons. The summed E-state index contributed by atoms with van der Waals surface area (Å²) in [5.74, 6) is -0.145. The highest BCUT2D eigenvalue weighted by atomic mass is 19.1. The lowest BCUT2D eigenvalue weighted by Gasteiger charge is -2.06. The van der Waals surface area contributed by atoms with Gasteiger partial charge in [-0.3, -0.25) is 0 Å². The highest BCUT2D eigenvalue weighted by Gasteiger charge is 2.03. The molecule has 0 bridgehead atoms. The van der Waals surface area contributed by atoms with Crippen molar-refractivity contribution in [3.63, 3.8) is 0 Å². The van der Waals surface area contributed by atoms with E-state index >= 15 is 0 Å². The van der Waals surface area contributed by atoms with Gasteiger partial charge in [0, 0.05) is 37.1 Å². The van der Waals surface area contributed by atoms with E-state index in [0.717, 1.165) is 12.1 Å². The predicted octanol–water partition coefficient (Wildman–Crippen LogP) is 3.17. The van der Waals surface area contributed by atoms with Crippen LogP contribution in [0.5, 0.6) is 0 Å². The minimum Gasteiger partial charge on any atom is -0.349 e. The molecule has 0 saturated carbocycles. The average Bonchev–Trinajstić information content (AvgIpc) is 2.77. The minimum absolute atomic E-state index is 0.145. The summed E-state index contributed by atoms with van der Waals surface area (Å²) in [6.45, 7) is 5.67. The first kappa shape index (κ1) is 12.8. The zero-order valence-electron chi connectivity index (χ0n) is 10.9. The molecule has 0 unspecified atom stereocenters. The van der Waals surface area contributed by atoms with E-state index in [0.29, 0.717) is 12.6 Å². The Kier molecular flexibility index (Phi) is 4.15. The normalized spacial score (nSPS) is 11.1. The maximum atomic E-state index is 13.5. The lowest BCUT2D eigenvalue weighted by molar-refractivity contribution is 0.586. The first-order chi connectivity index (χ1) is 8.65. The van der Waals surface area contributed by atoms with E-state index in [9.17, 15) is 4.39 Å². The second-order valence-corrected chi connectivity index (χ2v) is 4.82. The van der Waals surface area contributed by atoms with Crippen molar-refractivity contribution in [2.75, 3.05) is 0 Å². The van der Waals surface area contributed by atoms with Gasteiger partial charge in [-0.1, -0.05) is 32.0 Å². The fraction of sp³-hybridized carbons (Fsp3) is 0.333. The Morgan fingerprint density at radius 1 is 1.22 bits per heavy atom. The molecule has 1 heterocycles. The SMILES string of the molecule is CC(C)NCc1ccn(Cc2ccccc2F)c1. The fourth-order valence-corrected chi connectivity index (χ4v) is 1.84. The molecule has 0 saturated heterocycles. The van der Waals surface area contributed by atoms with E-state index in [4.69, 9.17) is 0 Å². The summed E-state index contributed by atoms with van der Waals surface area (Å²) in [6.07, 6.45) is 4.05. The number of nitrogens with zero attached hydrogens (tertiary/aromatic N) is 1. The van der Waals surface area contributed by atoms with Crippen LogP contribution in [0.15, 0.2) is 42.7 Å². The molecular weight excluding hydrogens is 227 g/mol. The molecule has 0 fully saturated rings. The van der Waals surface area contributed by atoms with Crippen LogP contribution in [0.4, 0.5) is 4.39 Å². The maximum Gasteiger partial charge on any atom is 0.128 e. The predicted molar refractivity (Wildman–Crippen MR) is 71.9 cm³/mol. The van der Waals surface area contributed by atoms with Crippen LogP contribution in [0, 0.1) is 5.82 Å². The summed E-state index contributed by atoms with van der Waals surface area (Å²) in [5.41, 5.74) is 1.94. The second-order valence-electron chi connectivity index (χ2n) is 4.82. The van der Waals surface area contributed by atoms with Crippen molar-refractivity contribution in [1.29, 1.82) is 0 Å². The van der Waals surface area contributed by atoms with Crippen molar-refractivity contribution >= 4 is 0 Å². The average molecular weight is 246 g/mol. The third kappa shape index (κ3) is 3.44. The number of rotatable bonds is 5. The lowest BCUT2D eigenvalue weighted by Crippen LogP contribution is -2.21. The molecule has 0 spiro atoms. The first-order valence-corrected chi connectivity index (χ1v) is 6.26. The van der Waals surface area contributed by atoms with Crippen molar-refractivity contribution in [1.82, 2.24) is 9.88 Å². The van der Waals surface area contributed by atoms with Gasteiger partial charge < -0.3 is 9.88 Å². The zero-order chi connectivity index (χ0) is 13.0. The van der Waals surface area contributed by atoms with E-state index < -0.39 is 0 Å². The van der Waals surface area contributed by atoms with Crippen LogP contribution in [-0.2, 0) is 13.1 Å². The van der Waals surface area contributed by atoms with Crippen molar-refractivity contribution < 1.29 is 4.39 Å². The number of benzene rings is 1. The van der Waals surface area contributed by atoms with E-state index in [2.05, 4.69) is 31.4 Å². The monoisotopic (exact) mass is 246 g/mol. The molecular formula is C15H19FN2. The fourth-order valence-electron chi connectivity index (χ4n) is 1.84. The maximum absolute atomic E-state index is 13.5. The summed E-state index contributed by atoms with van der Waals surface area (Å²) in [5, 5.41) is 3.36. The molecule has 2 nitrogen and oxygen atoms in total. The molecule has 2 rings (SSSR count). The Morgan fingerprint density at radius 2 is 2.00 bits per heavy atom. The second kappa shape index (κ2) is 5.83. The van der Waals surface area contributed by atoms with Gasteiger partial charge in [-0.05, 0) is 17.7 Å². The largest absolute Gasteiger partial charge is 0.349 e. The van der Waals surface area contributed by atoms with Gasteiger partial charge in [0.1, 0.15) is 5.82 Å². The molecule has 0 aliphatic heterocycles. The van der Waals surface area contributed by atoms with E-state index in [1.165, 1.54) is 11.6 Å². The molecule has 1 aromatic heterocycles. The van der Waals surface area contributed by atoms with Crippen LogP contribution in [-0.4, -0.2) is 10.6 Å². The Labute approximate surface area is 107 Å². The van der Waals surface area contributed by atoms with Gasteiger partial charge in [0.25, 0.3) is 0 Å². The van der Waals surface area contributed by atoms with E-state index in [-0.39, 0.29) is 5.82 Å². The summed E-state index contributed by atoms with van der Waals surface area (Å²) < 4.78 is 15.5. The highest BCUT2D eigenvalue weighted by Crippen LogP contribution is 2.10. The Morgan fingerprint density at radius 3 is 2.72 bits per heavy atom. The van der Waals surface area contributed by atoms with Gasteiger partial charge in [-0.15, -0.1) is 0 Å². The molecule has 0 aliphatic rings. The Balaban J connectivity index is 2.00. The first-order valence-electron chi connectivity index (χ1n) is 6.26. The van der Waals surface area contributed by atoms with Crippen LogP contribution in [0.1, 0.15) is 25.0 Å². The van der Waals surface area contributed by atoms with Gasteiger partial charge in [0.05, 0.1) is 0 Å². The Hall–Kier alpha value is -1.61. The van der Waals surface area contributed by atoms with Crippen LogP contribution in [0.25, 0.3) is 0 Å². The molecule has 1 N–H and O–H groups in total. The summed E-state index contributed by atoms with van der Waals surface area (Å²) in [7, 11) is 0. The highest BCUT2D eigenvalue weighted by molar-refractivity contribution is 5.19. The Bertz CT molecular complexity index is 503. The van der Waals surface area contributed by atoms with Crippen molar-refractivity contribution in [2.45, 2.75) is 33.0 Å². The number of aromatic nitrogens is 1. The third-order valence-electron chi connectivity index (χ3n) is 2.84. The summed E-state index contributed by atoms with van der Waals surface area (Å²) in [6, 6.07) is 9.44. The van der Waals surface area contributed by atoms with Crippen LogP contribution < -0.4 is 5.32 Å². The number of hydrogen-bond donors (Lipinski definition) is 1. The molecule has 0 atom stereocenters. The van der Waals surface area contributed by atoms with Crippen LogP contribution in [0.2, 0.25) is 0 Å². The number of hydrogen-bond acceptors (Lipinski definition) is 1. The van der Waals surface area contributed by atoms with Crippen LogP contribution >= 0.6 is 0 Å². The minimum atomic E-state index is -0.145. The van der Waals surface area contributed by atoms with Crippen LogP contribution in [0.3, 0.4) is 0 Å². The van der Waals surface area contributed by atoms with Gasteiger partial charge in [0.15, 0.2) is 0 Å². The van der Waals surface area contributed by atoms with Gasteiger partial charge in [0.2, 0.25) is 0 Å². The molecule has 3 heteroatoms. The number of nitrogens with one attached hydrogen (secondary N) is 1. The van der Waals surface area contributed by atoms with Gasteiger partial charge in [-0.25, -0.2) is 4.39 Å². The third-order valence-corrected chi connectivity index (χ3v) is 2.84. The van der Waals surface area contributed by atoms with Crippen molar-refractivity contribution in [3.8, 4) is 0 Å². The topological polar surface area (TPSA) is 17.0 Å². The molecule has 1 aromatic carbocycles. The molecule has 96 valence electrons. The zero-order valence-corrected chi connectivity index (χ0v) is 10.9. The quantitative estimate of drug-likeness (QED) is 0.857. The van der Waals surface area contributed by atoms with E-state index in [1.807, 2.05) is 22.9 Å². The lowest BCUT2D eigenvalue weighted by atomic mass is 10.2. The summed E-state index contributed by atoms with van der Waals surface area (Å²) in [4.78, 5) is 0. The number of halogens is 1. The molecule has 18 heavy (non-hydrogen) atoms.